The fourth-order valence-electron chi connectivity index (χ4n) is 2.74. The topological polar surface area (TPSA) is 9.23 Å². The molecule has 0 aromatic heterocycles. The Balaban J connectivity index is 2.03. The van der Waals surface area contributed by atoms with Gasteiger partial charge in [-0.3, -0.25) is 0 Å². The molecule has 0 spiro atoms. The van der Waals surface area contributed by atoms with Crippen LogP contribution in [0.25, 0.3) is 0 Å². The number of alkyl halides is 1. The van der Waals surface area contributed by atoms with Crippen LogP contribution in [-0.4, -0.2) is 19.1 Å². The summed E-state index contributed by atoms with van der Waals surface area (Å²) in [4.78, 5) is 0. The van der Waals surface area contributed by atoms with Gasteiger partial charge in [-0.15, -0.1) is 11.6 Å². The predicted octanol–water partition coefficient (Wildman–Crippen LogP) is 5.16. The summed E-state index contributed by atoms with van der Waals surface area (Å²) in [5.74, 6) is 0.781. The van der Waals surface area contributed by atoms with Gasteiger partial charge in [-0.25, -0.2) is 0 Å². The Labute approximate surface area is 112 Å². The van der Waals surface area contributed by atoms with E-state index in [1.165, 1.54) is 64.2 Å². The average Bonchev–Trinajstić information content (AvgIpc) is 2.39. The number of halogens is 1. The molecule has 0 aromatic carbocycles. The Morgan fingerprint density at radius 2 is 1.76 bits per heavy atom. The normalized spacial score (nSPS) is 25.1. The standard InChI is InChI=1S/C15H29ClO/c1-2-3-4-5-6-7-8-10-15(13-16)11-9-12-17-14-15/h2-14H2,1H3. The predicted molar refractivity (Wildman–Crippen MR) is 75.8 cm³/mol. The number of hydrogen-bond donors (Lipinski definition) is 0. The number of hydrogen-bond acceptors (Lipinski definition) is 1. The van der Waals surface area contributed by atoms with E-state index in [2.05, 4.69) is 6.92 Å². The van der Waals surface area contributed by atoms with Crippen molar-refractivity contribution in [3.05, 3.63) is 0 Å². The van der Waals surface area contributed by atoms with E-state index in [1.54, 1.807) is 0 Å². The van der Waals surface area contributed by atoms with E-state index in [0.29, 0.717) is 5.41 Å². The largest absolute Gasteiger partial charge is 0.381 e. The van der Waals surface area contributed by atoms with Crippen LogP contribution in [0.3, 0.4) is 0 Å². The maximum Gasteiger partial charge on any atom is 0.0533 e. The van der Waals surface area contributed by atoms with Gasteiger partial charge in [0.05, 0.1) is 6.61 Å². The van der Waals surface area contributed by atoms with Gasteiger partial charge in [0.1, 0.15) is 0 Å². The highest BCUT2D eigenvalue weighted by atomic mass is 35.5. The van der Waals surface area contributed by atoms with Crippen molar-refractivity contribution >= 4 is 11.6 Å². The summed E-state index contributed by atoms with van der Waals surface area (Å²) < 4.78 is 5.60. The molecule has 1 unspecified atom stereocenters. The summed E-state index contributed by atoms with van der Waals surface area (Å²) in [6.07, 6.45) is 13.4. The lowest BCUT2D eigenvalue weighted by Crippen LogP contribution is -2.33. The summed E-state index contributed by atoms with van der Waals surface area (Å²) in [6, 6.07) is 0. The van der Waals surface area contributed by atoms with Crippen molar-refractivity contribution in [2.45, 2.75) is 71.1 Å². The van der Waals surface area contributed by atoms with Crippen molar-refractivity contribution in [1.29, 1.82) is 0 Å². The summed E-state index contributed by atoms with van der Waals surface area (Å²) in [7, 11) is 0. The van der Waals surface area contributed by atoms with Crippen LogP contribution in [0.1, 0.15) is 71.1 Å². The second-order valence-corrected chi connectivity index (χ2v) is 5.93. The lowest BCUT2D eigenvalue weighted by molar-refractivity contribution is -0.00119. The molecular formula is C15H29ClO. The third-order valence-corrected chi connectivity index (χ3v) is 4.57. The molecule has 1 aliphatic rings. The van der Waals surface area contributed by atoms with Crippen LogP contribution in [0.5, 0.6) is 0 Å². The van der Waals surface area contributed by atoms with Gasteiger partial charge < -0.3 is 4.74 Å². The van der Waals surface area contributed by atoms with Crippen molar-refractivity contribution < 1.29 is 4.74 Å². The monoisotopic (exact) mass is 260 g/mol. The fourth-order valence-corrected chi connectivity index (χ4v) is 3.08. The highest BCUT2D eigenvalue weighted by Crippen LogP contribution is 2.35. The molecule has 0 saturated carbocycles. The van der Waals surface area contributed by atoms with Crippen LogP contribution in [0.4, 0.5) is 0 Å². The Kier molecular flexibility index (Phi) is 8.30. The minimum absolute atomic E-state index is 0.309. The molecule has 1 aliphatic heterocycles. The zero-order chi connectivity index (χ0) is 12.4. The van der Waals surface area contributed by atoms with Crippen LogP contribution in [0.15, 0.2) is 0 Å². The Morgan fingerprint density at radius 1 is 1.06 bits per heavy atom. The zero-order valence-electron chi connectivity index (χ0n) is 11.5. The maximum absolute atomic E-state index is 6.14. The first kappa shape index (κ1) is 15.3. The summed E-state index contributed by atoms with van der Waals surface area (Å²) in [6.45, 7) is 4.11. The van der Waals surface area contributed by atoms with E-state index in [0.717, 1.165) is 19.1 Å². The number of unbranched alkanes of at least 4 members (excludes halogenated alkanes) is 6. The summed E-state index contributed by atoms with van der Waals surface area (Å²) >= 11 is 6.14. The molecule has 102 valence electrons. The SMILES string of the molecule is CCCCCCCCCC1(CCl)CCCOC1. The molecule has 17 heavy (non-hydrogen) atoms. The van der Waals surface area contributed by atoms with Gasteiger partial charge in [0.25, 0.3) is 0 Å². The molecule has 1 heterocycles. The van der Waals surface area contributed by atoms with E-state index in [-0.39, 0.29) is 0 Å². The quantitative estimate of drug-likeness (QED) is 0.411. The average molecular weight is 261 g/mol. The number of rotatable bonds is 9. The van der Waals surface area contributed by atoms with Gasteiger partial charge in [0.2, 0.25) is 0 Å². The van der Waals surface area contributed by atoms with E-state index in [4.69, 9.17) is 16.3 Å². The Bertz CT molecular complexity index is 176. The molecule has 0 radical (unpaired) electrons. The molecule has 1 nitrogen and oxygen atoms in total. The van der Waals surface area contributed by atoms with E-state index in [9.17, 15) is 0 Å². The molecule has 2 heteroatoms. The molecule has 0 aliphatic carbocycles. The molecule has 1 saturated heterocycles. The van der Waals surface area contributed by atoms with Crippen molar-refractivity contribution in [3.8, 4) is 0 Å². The Hall–Kier alpha value is 0.250. The van der Waals surface area contributed by atoms with Gasteiger partial charge >= 0.3 is 0 Å². The van der Waals surface area contributed by atoms with Crippen LogP contribution < -0.4 is 0 Å². The van der Waals surface area contributed by atoms with E-state index in [1.807, 2.05) is 0 Å². The highest BCUT2D eigenvalue weighted by molar-refractivity contribution is 6.18. The molecule has 0 amide bonds. The van der Waals surface area contributed by atoms with Gasteiger partial charge in [-0.05, 0) is 19.3 Å². The molecule has 1 atom stereocenters. The highest BCUT2D eigenvalue weighted by Gasteiger charge is 2.31. The molecule has 1 fully saturated rings. The third kappa shape index (κ3) is 6.10. The first-order chi connectivity index (χ1) is 8.33. The lowest BCUT2D eigenvalue weighted by Gasteiger charge is -2.35. The second kappa shape index (κ2) is 9.22. The van der Waals surface area contributed by atoms with Gasteiger partial charge in [0, 0.05) is 17.9 Å². The lowest BCUT2D eigenvalue weighted by atomic mass is 9.80. The van der Waals surface area contributed by atoms with E-state index < -0.39 is 0 Å². The van der Waals surface area contributed by atoms with E-state index >= 15 is 0 Å². The molecule has 0 N–H and O–H groups in total. The van der Waals surface area contributed by atoms with Crippen LogP contribution in [-0.2, 0) is 4.74 Å². The van der Waals surface area contributed by atoms with Crippen molar-refractivity contribution in [2.75, 3.05) is 19.1 Å². The molecular weight excluding hydrogens is 232 g/mol. The van der Waals surface area contributed by atoms with Crippen LogP contribution in [0.2, 0.25) is 0 Å². The molecule has 1 rings (SSSR count). The third-order valence-electron chi connectivity index (χ3n) is 4.00. The van der Waals surface area contributed by atoms with Crippen molar-refractivity contribution in [2.24, 2.45) is 5.41 Å². The number of ether oxygens (including phenoxy) is 1. The van der Waals surface area contributed by atoms with Gasteiger partial charge in [-0.2, -0.15) is 0 Å². The maximum atomic E-state index is 6.14. The first-order valence-electron chi connectivity index (χ1n) is 7.47. The van der Waals surface area contributed by atoms with Gasteiger partial charge in [-0.1, -0.05) is 51.9 Å². The van der Waals surface area contributed by atoms with Crippen molar-refractivity contribution in [1.82, 2.24) is 0 Å². The summed E-state index contributed by atoms with van der Waals surface area (Å²) in [5, 5.41) is 0. The molecule has 0 aromatic rings. The zero-order valence-corrected chi connectivity index (χ0v) is 12.2. The van der Waals surface area contributed by atoms with Crippen LogP contribution >= 0.6 is 11.6 Å². The van der Waals surface area contributed by atoms with Gasteiger partial charge in [0.15, 0.2) is 0 Å². The minimum atomic E-state index is 0.309. The second-order valence-electron chi connectivity index (χ2n) is 5.66. The fraction of sp³-hybridized carbons (Fsp3) is 1.00. The minimum Gasteiger partial charge on any atom is -0.381 e. The Morgan fingerprint density at radius 3 is 2.35 bits per heavy atom. The first-order valence-corrected chi connectivity index (χ1v) is 8.00. The summed E-state index contributed by atoms with van der Waals surface area (Å²) in [5.41, 5.74) is 0.309. The van der Waals surface area contributed by atoms with Crippen molar-refractivity contribution in [3.63, 3.8) is 0 Å². The molecule has 0 bridgehead atoms. The van der Waals surface area contributed by atoms with Crippen LogP contribution in [0, 0.1) is 5.41 Å². The smallest absolute Gasteiger partial charge is 0.0533 e.